The van der Waals surface area contributed by atoms with Crippen molar-refractivity contribution in [1.29, 1.82) is 0 Å². The van der Waals surface area contributed by atoms with E-state index in [0.717, 1.165) is 199 Å². The van der Waals surface area contributed by atoms with Gasteiger partial charge in [0, 0.05) is 56.3 Å². The molecule has 0 saturated heterocycles. The minimum Gasteiger partial charge on any atom is -0.507 e. The van der Waals surface area contributed by atoms with Crippen LogP contribution < -0.4 is 0 Å². The lowest BCUT2D eigenvalue weighted by Gasteiger charge is -2.13. The van der Waals surface area contributed by atoms with E-state index in [0.29, 0.717) is 105 Å². The van der Waals surface area contributed by atoms with Gasteiger partial charge in [-0.05, 0) is 128 Å². The summed E-state index contributed by atoms with van der Waals surface area (Å²) in [7, 11) is 5.64. The highest BCUT2D eigenvalue weighted by atomic mass is 35.5. The van der Waals surface area contributed by atoms with Crippen molar-refractivity contribution in [1.82, 2.24) is 0 Å². The highest BCUT2D eigenvalue weighted by molar-refractivity contribution is 6.34. The summed E-state index contributed by atoms with van der Waals surface area (Å²) in [6, 6.07) is 0. The van der Waals surface area contributed by atoms with Gasteiger partial charge in [-0.3, -0.25) is 33.6 Å². The quantitative estimate of drug-likeness (QED) is 0.0119. The predicted molar refractivity (Wildman–Crippen MR) is 403 cm³/mol. The Hall–Kier alpha value is -6.74. The maximum Gasteiger partial charge on any atom is 0.305 e. The maximum atomic E-state index is 11.1. The summed E-state index contributed by atoms with van der Waals surface area (Å²) in [6.07, 6.45) is 44.0. The number of hydrogen-bond donors (Lipinski definition) is 7. The number of Topliss-reactive ketones (excluding diaryl/α,β-unsaturated/α-hetero) is 1. The lowest BCUT2D eigenvalue weighted by Crippen LogP contribution is -1.99. The van der Waals surface area contributed by atoms with Crippen LogP contribution in [0.4, 0.5) is 0 Å². The first kappa shape index (κ1) is 97.3. The molecule has 0 aliphatic carbocycles. The normalized spacial score (nSPS) is 10.6. The van der Waals surface area contributed by atoms with Crippen molar-refractivity contribution in [3.05, 3.63) is 71.2 Å². The number of ketones is 1. The topological polar surface area (TPSA) is 332 Å². The Labute approximate surface area is 622 Å². The monoisotopic (exact) mass is 1490 g/mol. The van der Waals surface area contributed by atoms with E-state index in [1.165, 1.54) is 47.7 Å². The molecule has 0 atom stereocenters. The largest absolute Gasteiger partial charge is 0.507 e. The second-order valence-corrected chi connectivity index (χ2v) is 26.4. The van der Waals surface area contributed by atoms with Crippen LogP contribution >= 0.6 is 34.8 Å². The highest BCUT2D eigenvalue weighted by Gasteiger charge is 2.22. The zero-order valence-corrected chi connectivity index (χ0v) is 64.5. The molecule has 7 N–H and O–H groups in total. The standard InChI is InChI=1S/C19H27ClO5.C19H25ClO5.C19H27ClO4.C11H22O3.C11H20O3/c2*1-13-15(12-21)18(23)14(19(24)17(13)20)10-8-6-4-3-5-7-9-11-16(22)25-2;1-13(22)10-8-6-4-3-5-7-9-11-15-18(23)16(12-21)14(2)17(20)19(15)24;2*1-14-11(13)9-7-5-3-2-4-6-8-10-12/h12,23-24H,3-11H2,1-2H3;8,10,12,23-24H,3-7,9,11H2,1-2H3;12,23-24H,3-11H2,1-2H3;12H,2-10H2,1H3;10H,2-9H2,1H3/b;10-8+;;;. The number of phenols is 6. The summed E-state index contributed by atoms with van der Waals surface area (Å²) >= 11 is 18.1. The number of aldehydes is 4. The van der Waals surface area contributed by atoms with Gasteiger partial charge in [-0.1, -0.05) is 188 Å². The van der Waals surface area contributed by atoms with Crippen LogP contribution in [0.15, 0.2) is 6.08 Å². The Morgan fingerprint density at radius 3 is 0.892 bits per heavy atom. The molecule has 0 amide bonds. The number of esters is 4. The number of rotatable bonds is 50. The summed E-state index contributed by atoms with van der Waals surface area (Å²) in [4.78, 5) is 97.5. The molecular weight excluding hydrogens is 1380 g/mol. The molecule has 0 radical (unpaired) electrons. The van der Waals surface area contributed by atoms with E-state index >= 15 is 0 Å². The van der Waals surface area contributed by atoms with Crippen molar-refractivity contribution < 1.29 is 97.8 Å². The minimum atomic E-state index is -0.256. The molecular formula is C79H121Cl3O20. The Morgan fingerprint density at radius 2 is 0.598 bits per heavy atom. The van der Waals surface area contributed by atoms with Crippen LogP contribution in [0, 0.1) is 20.8 Å². The first-order valence-corrected chi connectivity index (χ1v) is 37.6. The number of carbonyl (C=O) groups excluding carboxylic acids is 9. The fourth-order valence-electron chi connectivity index (χ4n) is 10.8. The molecule has 23 heteroatoms. The molecule has 0 aliphatic heterocycles. The van der Waals surface area contributed by atoms with Gasteiger partial charge in [-0.2, -0.15) is 0 Å². The number of hydrogen-bond acceptors (Lipinski definition) is 20. The fraction of sp³-hybridized carbons (Fsp3) is 0.633. The van der Waals surface area contributed by atoms with Gasteiger partial charge in [0.05, 0.1) is 65.8 Å². The van der Waals surface area contributed by atoms with E-state index in [4.69, 9.17) is 39.9 Å². The summed E-state index contributed by atoms with van der Waals surface area (Å²) < 4.78 is 18.3. The van der Waals surface area contributed by atoms with Gasteiger partial charge in [0.1, 0.15) is 46.6 Å². The zero-order valence-electron chi connectivity index (χ0n) is 62.2. The molecule has 0 spiro atoms. The molecule has 0 fully saturated rings. The SMILES string of the molecule is CC(=O)CCCCCCCCCc1c(O)c(Cl)c(C)c(C=O)c1O.COC(=O)CCCCCCC/C=C/c1c(O)c(Cl)c(C)c(C=O)c1O.COC(=O)CCCCCCCCC=O.COC(=O)CCCCCCCCCO.COC(=O)CCCCCCCCCc1c(O)c(Cl)c(C)c(C=O)c1O. The Kier molecular flexibility index (Phi) is 59.9. The van der Waals surface area contributed by atoms with Gasteiger partial charge in [-0.25, -0.2) is 0 Å². The van der Waals surface area contributed by atoms with Crippen LogP contribution in [-0.2, 0) is 60.6 Å². The maximum absolute atomic E-state index is 11.1. The number of unbranched alkanes of at least 4 members (excludes halogenated alkanes) is 29. The van der Waals surface area contributed by atoms with E-state index in [1.807, 2.05) is 6.08 Å². The summed E-state index contributed by atoms with van der Waals surface area (Å²) in [5, 5.41) is 69.5. The first-order valence-electron chi connectivity index (χ1n) is 36.4. The third kappa shape index (κ3) is 43.4. The third-order valence-corrected chi connectivity index (χ3v) is 18.7. The number of halogens is 3. The number of phenolic OH excluding ortho intramolecular Hbond substituents is 6. The lowest BCUT2D eigenvalue weighted by molar-refractivity contribution is -0.141. The van der Waals surface area contributed by atoms with Crippen molar-refractivity contribution in [2.24, 2.45) is 0 Å². The van der Waals surface area contributed by atoms with Crippen molar-refractivity contribution in [3.63, 3.8) is 0 Å². The van der Waals surface area contributed by atoms with Crippen LogP contribution in [0.2, 0.25) is 15.1 Å². The van der Waals surface area contributed by atoms with Gasteiger partial charge < -0.3 is 64.3 Å². The van der Waals surface area contributed by atoms with Crippen molar-refractivity contribution in [2.75, 3.05) is 35.0 Å². The van der Waals surface area contributed by atoms with Gasteiger partial charge in [-0.15, -0.1) is 0 Å². The molecule has 0 unspecified atom stereocenters. The molecule has 0 aromatic heterocycles. The fourth-order valence-corrected chi connectivity index (χ4v) is 11.5. The van der Waals surface area contributed by atoms with E-state index in [1.54, 1.807) is 33.8 Å². The highest BCUT2D eigenvalue weighted by Crippen LogP contribution is 2.43. The summed E-state index contributed by atoms with van der Waals surface area (Å²) in [5.74, 6) is -1.37. The molecule has 578 valence electrons. The summed E-state index contributed by atoms with van der Waals surface area (Å²) in [5.41, 5.74) is 2.39. The summed E-state index contributed by atoms with van der Waals surface area (Å²) in [6.45, 7) is 6.69. The number of allylic oxidation sites excluding steroid dienone is 1. The molecule has 0 saturated carbocycles. The average molecular weight is 1500 g/mol. The van der Waals surface area contributed by atoms with E-state index in [2.05, 4.69) is 18.9 Å². The zero-order chi connectivity index (χ0) is 77.0. The number of ether oxygens (including phenoxy) is 4. The number of methoxy groups -OCH3 is 4. The molecule has 20 nitrogen and oxygen atoms in total. The van der Waals surface area contributed by atoms with Crippen molar-refractivity contribution in [3.8, 4) is 34.5 Å². The van der Waals surface area contributed by atoms with Crippen LogP contribution in [0.1, 0.15) is 322 Å². The lowest BCUT2D eigenvalue weighted by atomic mass is 9.97. The second kappa shape index (κ2) is 62.8. The first-order chi connectivity index (χ1) is 48.9. The number of aromatic hydroxyl groups is 6. The average Bonchev–Trinajstić information content (AvgIpc) is 0.814. The molecule has 0 aliphatic rings. The van der Waals surface area contributed by atoms with Crippen LogP contribution in [0.5, 0.6) is 34.5 Å². The Bertz CT molecular complexity index is 2940. The van der Waals surface area contributed by atoms with Crippen LogP contribution in [0.3, 0.4) is 0 Å². The Morgan fingerprint density at radius 1 is 0.333 bits per heavy atom. The minimum absolute atomic E-state index is 0.0742. The van der Waals surface area contributed by atoms with Gasteiger partial charge in [0.25, 0.3) is 0 Å². The van der Waals surface area contributed by atoms with Crippen LogP contribution in [0.25, 0.3) is 6.08 Å². The van der Waals surface area contributed by atoms with Crippen molar-refractivity contribution >= 4 is 95.7 Å². The van der Waals surface area contributed by atoms with Crippen molar-refractivity contribution in [2.45, 2.75) is 291 Å². The number of carbonyl (C=O) groups is 9. The van der Waals surface area contributed by atoms with E-state index in [-0.39, 0.29) is 101 Å². The third-order valence-electron chi connectivity index (χ3n) is 17.3. The molecule has 0 bridgehead atoms. The number of aliphatic hydroxyl groups is 1. The molecule has 0 heterocycles. The van der Waals surface area contributed by atoms with E-state index < -0.39 is 0 Å². The van der Waals surface area contributed by atoms with E-state index in [9.17, 15) is 73.8 Å². The van der Waals surface area contributed by atoms with Gasteiger partial charge in [0.2, 0.25) is 0 Å². The molecule has 3 rings (SSSR count). The molecule has 3 aromatic carbocycles. The smallest absolute Gasteiger partial charge is 0.305 e. The van der Waals surface area contributed by atoms with Gasteiger partial charge in [0.15, 0.2) is 18.9 Å². The molecule has 102 heavy (non-hydrogen) atoms. The number of benzene rings is 3. The number of aliphatic hydroxyl groups excluding tert-OH is 1. The van der Waals surface area contributed by atoms with Gasteiger partial charge >= 0.3 is 23.9 Å². The Balaban J connectivity index is 0. The second-order valence-electron chi connectivity index (χ2n) is 25.3. The molecule has 3 aromatic rings. The predicted octanol–water partition coefficient (Wildman–Crippen LogP) is 19.4. The van der Waals surface area contributed by atoms with Crippen LogP contribution in [-0.4, -0.2) is 126 Å².